The molecular formula is C29H39N3O2. The van der Waals surface area contributed by atoms with Crippen LogP contribution in [0, 0.1) is 0 Å². The van der Waals surface area contributed by atoms with Gasteiger partial charge in [-0.25, -0.2) is 0 Å². The van der Waals surface area contributed by atoms with Gasteiger partial charge in [0, 0.05) is 50.9 Å². The third-order valence-electron chi connectivity index (χ3n) is 7.91. The van der Waals surface area contributed by atoms with Crippen LogP contribution in [0.15, 0.2) is 42.5 Å². The molecule has 0 aromatic heterocycles. The van der Waals surface area contributed by atoms with Gasteiger partial charge < -0.3 is 9.64 Å². The largest absolute Gasteiger partial charge is 0.493 e. The molecule has 2 fully saturated rings. The third kappa shape index (κ3) is 5.31. The number of carbonyl (C=O) groups excluding carboxylic acids is 1. The maximum atomic E-state index is 13.1. The summed E-state index contributed by atoms with van der Waals surface area (Å²) in [5.74, 6) is 1.24. The molecule has 5 heteroatoms. The monoisotopic (exact) mass is 461 g/mol. The van der Waals surface area contributed by atoms with Crippen molar-refractivity contribution in [2.45, 2.75) is 58.0 Å². The summed E-state index contributed by atoms with van der Waals surface area (Å²) in [4.78, 5) is 20.1. The second-order valence-corrected chi connectivity index (χ2v) is 10.1. The van der Waals surface area contributed by atoms with Gasteiger partial charge in [0.2, 0.25) is 5.91 Å². The van der Waals surface area contributed by atoms with Gasteiger partial charge in [-0.1, -0.05) is 55.7 Å². The molecule has 34 heavy (non-hydrogen) atoms. The Hall–Kier alpha value is -2.37. The molecule has 1 saturated carbocycles. The molecule has 5 nitrogen and oxygen atoms in total. The van der Waals surface area contributed by atoms with Gasteiger partial charge in [-0.2, -0.15) is 0 Å². The number of para-hydroxylation sites is 1. The number of amides is 1. The highest BCUT2D eigenvalue weighted by Crippen LogP contribution is 2.32. The molecule has 0 N–H and O–H groups in total. The van der Waals surface area contributed by atoms with E-state index in [1.807, 2.05) is 19.1 Å². The molecule has 5 rings (SSSR count). The van der Waals surface area contributed by atoms with Crippen LogP contribution in [0.2, 0.25) is 0 Å². The predicted molar refractivity (Wildman–Crippen MR) is 137 cm³/mol. The van der Waals surface area contributed by atoms with E-state index in [0.29, 0.717) is 19.1 Å². The quantitative estimate of drug-likeness (QED) is 0.631. The highest BCUT2D eigenvalue weighted by atomic mass is 16.5. The fourth-order valence-corrected chi connectivity index (χ4v) is 5.97. The van der Waals surface area contributed by atoms with Crippen LogP contribution in [0.1, 0.15) is 50.2 Å². The minimum Gasteiger partial charge on any atom is -0.493 e. The summed E-state index contributed by atoms with van der Waals surface area (Å²) in [6.45, 7) is 8.91. The summed E-state index contributed by atoms with van der Waals surface area (Å²) < 4.78 is 5.84. The van der Waals surface area contributed by atoms with Gasteiger partial charge in [0.15, 0.2) is 0 Å². The SMILES string of the molecule is CCOc1ccccc1-c1ccc2c(c1)CCN(CC(=O)N1CCN(C3CCCCC3)CC1)C2. The van der Waals surface area contributed by atoms with E-state index in [1.54, 1.807) is 0 Å². The van der Waals surface area contributed by atoms with Gasteiger partial charge in [0.1, 0.15) is 5.75 Å². The van der Waals surface area contributed by atoms with Crippen molar-refractivity contribution in [1.29, 1.82) is 0 Å². The maximum absolute atomic E-state index is 13.1. The first kappa shape index (κ1) is 23.4. The molecule has 0 atom stereocenters. The highest BCUT2D eigenvalue weighted by Gasteiger charge is 2.28. The molecule has 2 aliphatic heterocycles. The van der Waals surface area contributed by atoms with Crippen molar-refractivity contribution in [1.82, 2.24) is 14.7 Å². The van der Waals surface area contributed by atoms with Crippen molar-refractivity contribution in [3.63, 3.8) is 0 Å². The van der Waals surface area contributed by atoms with E-state index in [1.165, 1.54) is 48.8 Å². The molecule has 2 aromatic carbocycles. The van der Waals surface area contributed by atoms with E-state index in [9.17, 15) is 4.79 Å². The molecule has 1 aliphatic carbocycles. The predicted octanol–water partition coefficient (Wildman–Crippen LogP) is 4.59. The molecule has 1 saturated heterocycles. The lowest BCUT2D eigenvalue weighted by Crippen LogP contribution is -2.54. The number of nitrogens with zero attached hydrogens (tertiary/aromatic N) is 3. The van der Waals surface area contributed by atoms with Gasteiger partial charge in [-0.05, 0) is 48.9 Å². The Morgan fingerprint density at radius 2 is 1.74 bits per heavy atom. The zero-order valence-corrected chi connectivity index (χ0v) is 20.7. The van der Waals surface area contributed by atoms with E-state index >= 15 is 0 Å². The molecular weight excluding hydrogens is 422 g/mol. The van der Waals surface area contributed by atoms with Crippen molar-refractivity contribution in [2.24, 2.45) is 0 Å². The van der Waals surface area contributed by atoms with Crippen LogP contribution >= 0.6 is 0 Å². The standard InChI is InChI=1S/C29H39N3O2/c1-2-34-28-11-7-6-10-27(28)24-12-13-25-21-30(15-14-23(25)20-24)22-29(33)32-18-16-31(17-19-32)26-8-4-3-5-9-26/h6-7,10-13,20,26H,2-5,8-9,14-19,21-22H2,1H3. The molecule has 0 radical (unpaired) electrons. The van der Waals surface area contributed by atoms with Crippen molar-refractivity contribution < 1.29 is 9.53 Å². The van der Waals surface area contributed by atoms with Crippen molar-refractivity contribution in [3.8, 4) is 16.9 Å². The van der Waals surface area contributed by atoms with E-state index in [2.05, 4.69) is 45.0 Å². The fraction of sp³-hybridized carbons (Fsp3) is 0.552. The van der Waals surface area contributed by atoms with Gasteiger partial charge in [0.25, 0.3) is 0 Å². The molecule has 3 aliphatic rings. The van der Waals surface area contributed by atoms with Gasteiger partial charge in [0.05, 0.1) is 13.2 Å². The van der Waals surface area contributed by atoms with E-state index in [-0.39, 0.29) is 0 Å². The van der Waals surface area contributed by atoms with E-state index < -0.39 is 0 Å². The van der Waals surface area contributed by atoms with Crippen molar-refractivity contribution in [3.05, 3.63) is 53.6 Å². The second-order valence-electron chi connectivity index (χ2n) is 10.1. The van der Waals surface area contributed by atoms with Gasteiger partial charge in [-0.15, -0.1) is 0 Å². The Kier molecular flexibility index (Phi) is 7.51. The normalized spacial score (nSPS) is 20.2. The summed E-state index contributed by atoms with van der Waals surface area (Å²) in [5, 5.41) is 0. The molecule has 0 bridgehead atoms. The topological polar surface area (TPSA) is 36.0 Å². The zero-order valence-electron chi connectivity index (χ0n) is 20.7. The van der Waals surface area contributed by atoms with Crippen LogP contribution in [0.25, 0.3) is 11.1 Å². The summed E-state index contributed by atoms with van der Waals surface area (Å²) in [6, 6.07) is 15.8. The minimum absolute atomic E-state index is 0.300. The Morgan fingerprint density at radius 1 is 0.941 bits per heavy atom. The lowest BCUT2D eigenvalue weighted by atomic mass is 9.93. The molecule has 2 aromatic rings. The van der Waals surface area contributed by atoms with E-state index in [0.717, 1.165) is 63.0 Å². The number of fused-ring (bicyclic) bond motifs is 1. The summed E-state index contributed by atoms with van der Waals surface area (Å²) in [7, 11) is 0. The summed E-state index contributed by atoms with van der Waals surface area (Å²) >= 11 is 0. The van der Waals surface area contributed by atoms with Crippen molar-refractivity contribution in [2.75, 3.05) is 45.9 Å². The fourth-order valence-electron chi connectivity index (χ4n) is 5.97. The molecule has 2 heterocycles. The summed E-state index contributed by atoms with van der Waals surface area (Å²) in [5.41, 5.74) is 5.10. The summed E-state index contributed by atoms with van der Waals surface area (Å²) in [6.07, 6.45) is 7.83. The van der Waals surface area contributed by atoms with Crippen LogP contribution in [-0.2, 0) is 17.8 Å². The number of piperazine rings is 1. The number of rotatable bonds is 6. The first-order valence-electron chi connectivity index (χ1n) is 13.3. The Morgan fingerprint density at radius 3 is 2.53 bits per heavy atom. The Bertz CT molecular complexity index is 977. The first-order chi connectivity index (χ1) is 16.7. The van der Waals surface area contributed by atoms with Crippen LogP contribution in [0.5, 0.6) is 5.75 Å². The maximum Gasteiger partial charge on any atom is 0.236 e. The first-order valence-corrected chi connectivity index (χ1v) is 13.3. The highest BCUT2D eigenvalue weighted by molar-refractivity contribution is 5.78. The smallest absolute Gasteiger partial charge is 0.236 e. The Balaban J connectivity index is 1.16. The number of carbonyl (C=O) groups is 1. The third-order valence-corrected chi connectivity index (χ3v) is 7.91. The minimum atomic E-state index is 0.300. The van der Waals surface area contributed by atoms with Crippen molar-refractivity contribution >= 4 is 5.91 Å². The van der Waals surface area contributed by atoms with Crippen LogP contribution in [0.4, 0.5) is 0 Å². The lowest BCUT2D eigenvalue weighted by molar-refractivity contribution is -0.134. The lowest BCUT2D eigenvalue weighted by Gasteiger charge is -2.41. The van der Waals surface area contributed by atoms with Crippen LogP contribution in [-0.4, -0.2) is 72.5 Å². The Labute approximate surface area is 204 Å². The number of ether oxygens (including phenoxy) is 1. The van der Waals surface area contributed by atoms with Gasteiger partial charge >= 0.3 is 0 Å². The van der Waals surface area contributed by atoms with Crippen LogP contribution in [0.3, 0.4) is 0 Å². The van der Waals surface area contributed by atoms with E-state index in [4.69, 9.17) is 4.74 Å². The molecule has 0 spiro atoms. The van der Waals surface area contributed by atoms with Gasteiger partial charge in [-0.3, -0.25) is 14.6 Å². The van der Waals surface area contributed by atoms with Crippen LogP contribution < -0.4 is 4.74 Å². The zero-order chi connectivity index (χ0) is 23.3. The average Bonchev–Trinajstić information content (AvgIpc) is 2.89. The number of hydrogen-bond donors (Lipinski definition) is 0. The molecule has 0 unspecified atom stereocenters. The number of benzene rings is 2. The molecule has 1 amide bonds. The molecule has 182 valence electrons. The average molecular weight is 462 g/mol. The second kappa shape index (κ2) is 10.9. The number of hydrogen-bond acceptors (Lipinski definition) is 4.